The molecule has 4 aliphatic rings. The molecule has 0 unspecified atom stereocenters. The van der Waals surface area contributed by atoms with Crippen LogP contribution >= 0.6 is 0 Å². The lowest BCUT2D eigenvalue weighted by atomic mass is 9.81. The second-order valence-electron chi connectivity index (χ2n) is 13.2. The molecule has 0 bridgehead atoms. The largest absolute Gasteiger partial charge is 0.304 e. The standard InChI is InChI=1S/C35H50N4O/c1-36-17-21-38(22-18-36)25-29-13-7-15-31(33(29)27-9-3-4-10-27)35(40)32-16-8-14-30(34(32)28-11-5-6-12-28)26-39-23-19-37(2)20-24-39/h7-8,13-16,27-28H,3-6,9-12,17-26H2,1-2H3. The van der Waals surface area contributed by atoms with Crippen molar-refractivity contribution in [3.63, 3.8) is 0 Å². The maximum absolute atomic E-state index is 14.7. The number of ketones is 1. The van der Waals surface area contributed by atoms with Crippen LogP contribution in [0.1, 0.15) is 101 Å². The molecule has 2 aromatic carbocycles. The monoisotopic (exact) mass is 542 g/mol. The van der Waals surface area contributed by atoms with Gasteiger partial charge in [-0.2, -0.15) is 0 Å². The molecule has 2 aliphatic heterocycles. The zero-order valence-electron chi connectivity index (χ0n) is 25.0. The third-order valence-electron chi connectivity index (χ3n) is 10.4. The van der Waals surface area contributed by atoms with Gasteiger partial charge in [0.05, 0.1) is 0 Å². The summed E-state index contributed by atoms with van der Waals surface area (Å²) in [4.78, 5) is 24.8. The molecule has 2 aliphatic carbocycles. The first-order chi connectivity index (χ1) is 19.6. The van der Waals surface area contributed by atoms with Crippen molar-refractivity contribution in [2.45, 2.75) is 76.3 Å². The highest BCUT2D eigenvalue weighted by Gasteiger charge is 2.31. The molecule has 0 spiro atoms. The van der Waals surface area contributed by atoms with Gasteiger partial charge < -0.3 is 9.80 Å². The molecule has 2 saturated carbocycles. The van der Waals surface area contributed by atoms with Crippen LogP contribution in [0, 0.1) is 0 Å². The molecule has 0 N–H and O–H groups in total. The lowest BCUT2D eigenvalue weighted by Gasteiger charge is -2.34. The lowest BCUT2D eigenvalue weighted by Crippen LogP contribution is -2.44. The van der Waals surface area contributed by atoms with E-state index in [1.807, 2.05) is 0 Å². The van der Waals surface area contributed by atoms with Crippen LogP contribution in [-0.4, -0.2) is 91.8 Å². The molecule has 0 aromatic heterocycles. The van der Waals surface area contributed by atoms with Crippen molar-refractivity contribution in [3.05, 3.63) is 69.8 Å². The van der Waals surface area contributed by atoms with Gasteiger partial charge in [-0.05, 0) is 73.9 Å². The Balaban J connectivity index is 1.35. The third kappa shape index (κ3) is 6.23. The molecular formula is C35H50N4O. The number of hydrogen-bond donors (Lipinski definition) is 0. The number of benzene rings is 2. The van der Waals surface area contributed by atoms with Crippen LogP contribution < -0.4 is 0 Å². The molecule has 2 saturated heterocycles. The zero-order chi connectivity index (χ0) is 27.5. The molecule has 2 aromatic rings. The fourth-order valence-electron chi connectivity index (χ4n) is 7.93. The van der Waals surface area contributed by atoms with Gasteiger partial charge in [0.1, 0.15) is 0 Å². The van der Waals surface area contributed by atoms with Crippen molar-refractivity contribution < 1.29 is 4.79 Å². The number of hydrogen-bond acceptors (Lipinski definition) is 5. The van der Waals surface area contributed by atoms with Gasteiger partial charge in [0, 0.05) is 76.6 Å². The van der Waals surface area contributed by atoms with Crippen molar-refractivity contribution in [3.8, 4) is 0 Å². The highest BCUT2D eigenvalue weighted by Crippen LogP contribution is 2.42. The Morgan fingerprint density at radius 2 is 0.975 bits per heavy atom. The van der Waals surface area contributed by atoms with Gasteiger partial charge >= 0.3 is 0 Å². The minimum atomic E-state index is 0.282. The summed E-state index contributed by atoms with van der Waals surface area (Å²) in [6.45, 7) is 10.9. The van der Waals surface area contributed by atoms with Gasteiger partial charge in [0.25, 0.3) is 0 Å². The van der Waals surface area contributed by atoms with Crippen molar-refractivity contribution in [2.75, 3.05) is 66.5 Å². The summed E-state index contributed by atoms with van der Waals surface area (Å²) in [6, 6.07) is 13.3. The number of piperazine rings is 2. The fourth-order valence-corrected chi connectivity index (χ4v) is 7.93. The molecular weight excluding hydrogens is 492 g/mol. The van der Waals surface area contributed by atoms with E-state index in [1.165, 1.54) is 73.6 Å². The third-order valence-corrected chi connectivity index (χ3v) is 10.4. The smallest absolute Gasteiger partial charge is 0.193 e. The van der Waals surface area contributed by atoms with Crippen LogP contribution in [0.15, 0.2) is 36.4 Å². The Labute approximate surface area is 242 Å². The van der Waals surface area contributed by atoms with E-state index in [0.29, 0.717) is 11.8 Å². The van der Waals surface area contributed by atoms with Crippen LogP contribution in [0.25, 0.3) is 0 Å². The van der Waals surface area contributed by atoms with E-state index in [-0.39, 0.29) is 5.78 Å². The van der Waals surface area contributed by atoms with Gasteiger partial charge in [0.2, 0.25) is 0 Å². The first-order valence-corrected chi connectivity index (χ1v) is 16.2. The van der Waals surface area contributed by atoms with Gasteiger partial charge in [0.15, 0.2) is 5.78 Å². The zero-order valence-corrected chi connectivity index (χ0v) is 25.0. The van der Waals surface area contributed by atoms with E-state index < -0.39 is 0 Å². The summed E-state index contributed by atoms with van der Waals surface area (Å²) >= 11 is 0. The number of carbonyl (C=O) groups excluding carboxylic acids is 1. The molecule has 40 heavy (non-hydrogen) atoms. The first-order valence-electron chi connectivity index (χ1n) is 16.2. The topological polar surface area (TPSA) is 30.0 Å². The lowest BCUT2D eigenvalue weighted by molar-refractivity contribution is 0.103. The van der Waals surface area contributed by atoms with E-state index in [1.54, 1.807) is 0 Å². The van der Waals surface area contributed by atoms with Gasteiger partial charge in [-0.25, -0.2) is 0 Å². The molecule has 0 radical (unpaired) electrons. The molecule has 2 heterocycles. The summed E-state index contributed by atoms with van der Waals surface area (Å²) in [5.74, 6) is 1.32. The van der Waals surface area contributed by atoms with Crippen LogP contribution in [0.3, 0.4) is 0 Å². The minimum absolute atomic E-state index is 0.282. The average molecular weight is 543 g/mol. The number of carbonyl (C=O) groups is 1. The fraction of sp³-hybridized carbons (Fsp3) is 0.629. The molecule has 0 amide bonds. The van der Waals surface area contributed by atoms with Crippen molar-refractivity contribution >= 4 is 5.78 Å². The predicted octanol–water partition coefficient (Wildman–Crippen LogP) is 5.73. The summed E-state index contributed by atoms with van der Waals surface area (Å²) < 4.78 is 0. The maximum Gasteiger partial charge on any atom is 0.193 e. The van der Waals surface area contributed by atoms with E-state index in [0.717, 1.165) is 76.6 Å². The van der Waals surface area contributed by atoms with E-state index >= 15 is 0 Å². The number of rotatable bonds is 8. The van der Waals surface area contributed by atoms with Crippen LogP contribution in [0.2, 0.25) is 0 Å². The number of nitrogens with zero attached hydrogens (tertiary/aromatic N) is 4. The highest BCUT2D eigenvalue weighted by atomic mass is 16.1. The van der Waals surface area contributed by atoms with Crippen molar-refractivity contribution in [2.24, 2.45) is 0 Å². The van der Waals surface area contributed by atoms with Crippen molar-refractivity contribution in [1.82, 2.24) is 19.6 Å². The Kier molecular flexibility index (Phi) is 9.03. The summed E-state index contributed by atoms with van der Waals surface area (Å²) in [7, 11) is 4.45. The first kappa shape index (κ1) is 28.1. The van der Waals surface area contributed by atoms with Gasteiger partial charge in [-0.1, -0.05) is 62.1 Å². The van der Waals surface area contributed by atoms with Crippen LogP contribution in [0.4, 0.5) is 0 Å². The Morgan fingerprint density at radius 3 is 1.35 bits per heavy atom. The molecule has 5 heteroatoms. The van der Waals surface area contributed by atoms with Crippen LogP contribution in [-0.2, 0) is 13.1 Å². The second-order valence-corrected chi connectivity index (χ2v) is 13.2. The van der Waals surface area contributed by atoms with Gasteiger partial charge in [-0.3, -0.25) is 14.6 Å². The van der Waals surface area contributed by atoms with Crippen molar-refractivity contribution in [1.29, 1.82) is 0 Å². The predicted molar refractivity (Wildman–Crippen MR) is 164 cm³/mol. The maximum atomic E-state index is 14.7. The number of likely N-dealkylation sites (N-methyl/N-ethyl adjacent to an activating group) is 2. The summed E-state index contributed by atoms with van der Waals surface area (Å²) in [5, 5.41) is 0. The molecule has 6 rings (SSSR count). The quantitative estimate of drug-likeness (QED) is 0.398. The SMILES string of the molecule is CN1CCN(Cc2cccc(C(=O)c3cccc(CN4CCN(C)CC4)c3C3CCCC3)c2C2CCCC2)CC1. The minimum Gasteiger partial charge on any atom is -0.304 e. The highest BCUT2D eigenvalue weighted by molar-refractivity contribution is 6.11. The van der Waals surface area contributed by atoms with Gasteiger partial charge in [-0.15, -0.1) is 0 Å². The molecule has 4 fully saturated rings. The second kappa shape index (κ2) is 12.9. The van der Waals surface area contributed by atoms with E-state index in [2.05, 4.69) is 70.1 Å². The summed E-state index contributed by atoms with van der Waals surface area (Å²) in [5.41, 5.74) is 7.55. The van der Waals surface area contributed by atoms with Crippen LogP contribution in [0.5, 0.6) is 0 Å². The Bertz CT molecular complexity index is 1060. The normalized spacial score (nSPS) is 22.9. The Hall–Kier alpha value is -2.05. The molecule has 5 nitrogen and oxygen atoms in total. The van der Waals surface area contributed by atoms with E-state index in [4.69, 9.17) is 0 Å². The summed E-state index contributed by atoms with van der Waals surface area (Å²) in [6.07, 6.45) is 10.0. The molecule has 216 valence electrons. The van der Waals surface area contributed by atoms with E-state index in [9.17, 15) is 4.79 Å². The average Bonchev–Trinajstić information content (AvgIpc) is 3.70. The Morgan fingerprint density at radius 1 is 0.600 bits per heavy atom. The molecule has 0 atom stereocenters.